The van der Waals surface area contributed by atoms with Crippen LogP contribution in [-0.4, -0.2) is 69.0 Å². The van der Waals surface area contributed by atoms with Crippen molar-refractivity contribution in [3.63, 3.8) is 0 Å². The summed E-state index contributed by atoms with van der Waals surface area (Å²) in [4.78, 5) is 28.1. The highest BCUT2D eigenvalue weighted by molar-refractivity contribution is 6.76. The van der Waals surface area contributed by atoms with Crippen LogP contribution in [0.2, 0.25) is 25.7 Å². The summed E-state index contributed by atoms with van der Waals surface area (Å²) in [6, 6.07) is 7.70. The van der Waals surface area contributed by atoms with Crippen molar-refractivity contribution in [3.05, 3.63) is 55.0 Å². The SMILES string of the molecule is C[C@H](NC(=O)c1cnc(N2CC(CC#N)(n3cc(-c4ccnc5c4ccn5COCC[Si](C)(C)C)cn3)C2)cn1)C1CC1. The van der Waals surface area contributed by atoms with Gasteiger partial charge in [0.2, 0.25) is 0 Å². The Kier molecular flexibility index (Phi) is 7.79. The van der Waals surface area contributed by atoms with Crippen LogP contribution in [0.3, 0.4) is 0 Å². The van der Waals surface area contributed by atoms with E-state index in [-0.39, 0.29) is 11.9 Å². The molecule has 4 aromatic rings. The molecule has 2 aliphatic rings. The maximum atomic E-state index is 12.5. The highest BCUT2D eigenvalue weighted by atomic mass is 28.3. The second-order valence-electron chi connectivity index (χ2n) is 13.2. The zero-order chi connectivity index (χ0) is 30.2. The molecule has 0 unspecified atom stereocenters. The molecule has 0 aromatic carbocycles. The van der Waals surface area contributed by atoms with E-state index in [1.165, 1.54) is 6.20 Å². The zero-order valence-electron chi connectivity index (χ0n) is 25.3. The normalized spacial score (nSPS) is 17.0. The molecule has 5 heterocycles. The van der Waals surface area contributed by atoms with Gasteiger partial charge in [-0.15, -0.1) is 0 Å². The number of carbonyl (C=O) groups excluding carboxylic acids is 1. The lowest BCUT2D eigenvalue weighted by atomic mass is 9.87. The molecule has 1 atom stereocenters. The van der Waals surface area contributed by atoms with Gasteiger partial charge in [-0.25, -0.2) is 15.0 Å². The molecule has 1 saturated heterocycles. The molecule has 1 amide bonds. The molecule has 1 aliphatic heterocycles. The van der Waals surface area contributed by atoms with Gasteiger partial charge in [0.25, 0.3) is 5.91 Å². The van der Waals surface area contributed by atoms with Crippen LogP contribution in [0.25, 0.3) is 22.2 Å². The Morgan fingerprint density at radius 1 is 1.19 bits per heavy atom. The van der Waals surface area contributed by atoms with Crippen LogP contribution in [0.4, 0.5) is 5.82 Å². The Morgan fingerprint density at radius 2 is 2.00 bits per heavy atom. The number of amides is 1. The van der Waals surface area contributed by atoms with Crippen LogP contribution in [0.1, 0.15) is 36.7 Å². The van der Waals surface area contributed by atoms with E-state index in [0.717, 1.165) is 47.7 Å². The van der Waals surface area contributed by atoms with Gasteiger partial charge in [0.1, 0.15) is 29.4 Å². The molecule has 224 valence electrons. The number of anilines is 1. The minimum Gasteiger partial charge on any atom is -0.361 e. The Morgan fingerprint density at radius 3 is 2.70 bits per heavy atom. The molecule has 12 heteroatoms. The van der Waals surface area contributed by atoms with E-state index in [1.807, 2.05) is 47.0 Å². The Bertz CT molecular complexity index is 1640. The molecule has 0 bridgehead atoms. The van der Waals surface area contributed by atoms with Crippen molar-refractivity contribution in [1.29, 1.82) is 5.26 Å². The molecule has 1 aliphatic carbocycles. The number of aromatic nitrogens is 6. The molecule has 11 nitrogen and oxygen atoms in total. The standard InChI is InChI=1S/C31H39N9O2Si/c1-22(23-5-6-23)37-30(41)27-16-35-28(17-34-27)39-19-31(20-39,9-10-32)40-18-24(15-36-40)25-7-11-33-29-26(25)8-12-38(29)21-42-13-14-43(2,3)4/h7-8,11-12,15-18,22-23H,5-6,9,13-14,19-21H2,1-4H3,(H,37,41)/t22-/m0/s1. The summed E-state index contributed by atoms with van der Waals surface area (Å²) in [6.07, 6.45) is 13.5. The third kappa shape index (κ3) is 6.19. The largest absolute Gasteiger partial charge is 0.361 e. The van der Waals surface area contributed by atoms with E-state index in [2.05, 4.69) is 56.9 Å². The van der Waals surface area contributed by atoms with E-state index < -0.39 is 13.6 Å². The minimum absolute atomic E-state index is 0.150. The summed E-state index contributed by atoms with van der Waals surface area (Å²) < 4.78 is 9.93. The molecular formula is C31H39N9O2Si. The zero-order valence-corrected chi connectivity index (χ0v) is 26.3. The second-order valence-corrected chi connectivity index (χ2v) is 18.8. The lowest BCUT2D eigenvalue weighted by molar-refractivity contribution is 0.0898. The first-order valence-corrected chi connectivity index (χ1v) is 18.7. The highest BCUT2D eigenvalue weighted by Crippen LogP contribution is 2.37. The van der Waals surface area contributed by atoms with Gasteiger partial charge >= 0.3 is 0 Å². The van der Waals surface area contributed by atoms with Crippen molar-refractivity contribution in [2.75, 3.05) is 24.6 Å². The Hall–Kier alpha value is -4.08. The van der Waals surface area contributed by atoms with Crippen LogP contribution < -0.4 is 10.2 Å². The van der Waals surface area contributed by atoms with Gasteiger partial charge in [0, 0.05) is 63.4 Å². The topological polar surface area (TPSA) is 127 Å². The molecule has 2 fully saturated rings. The quantitative estimate of drug-likeness (QED) is 0.185. The lowest BCUT2D eigenvalue weighted by Crippen LogP contribution is -2.63. The molecule has 6 rings (SSSR count). The molecule has 1 saturated carbocycles. The summed E-state index contributed by atoms with van der Waals surface area (Å²) in [5.41, 5.74) is 2.71. The Balaban J connectivity index is 1.14. The number of fused-ring (bicyclic) bond motifs is 1. The maximum Gasteiger partial charge on any atom is 0.271 e. The maximum absolute atomic E-state index is 12.5. The average Bonchev–Trinajstić information content (AvgIpc) is 3.56. The number of nitriles is 1. The number of ether oxygens (including phenoxy) is 1. The van der Waals surface area contributed by atoms with E-state index >= 15 is 0 Å². The molecule has 0 radical (unpaired) electrons. The van der Waals surface area contributed by atoms with Crippen LogP contribution >= 0.6 is 0 Å². The predicted molar refractivity (Wildman–Crippen MR) is 167 cm³/mol. The molecular weight excluding hydrogens is 558 g/mol. The summed E-state index contributed by atoms with van der Waals surface area (Å²) in [5.74, 6) is 1.06. The first kappa shape index (κ1) is 29.0. The number of nitrogens with zero attached hydrogens (tertiary/aromatic N) is 8. The average molecular weight is 598 g/mol. The lowest BCUT2D eigenvalue weighted by Gasteiger charge is -2.49. The third-order valence-electron chi connectivity index (χ3n) is 8.53. The van der Waals surface area contributed by atoms with Gasteiger partial charge in [-0.05, 0) is 49.4 Å². The summed E-state index contributed by atoms with van der Waals surface area (Å²) >= 11 is 0. The fraction of sp³-hybridized carbons (Fsp3) is 0.484. The van der Waals surface area contributed by atoms with E-state index in [9.17, 15) is 10.1 Å². The molecule has 0 spiro atoms. The smallest absolute Gasteiger partial charge is 0.271 e. The predicted octanol–water partition coefficient (Wildman–Crippen LogP) is 4.66. The second kappa shape index (κ2) is 11.5. The van der Waals surface area contributed by atoms with E-state index in [4.69, 9.17) is 9.84 Å². The number of hydrogen-bond donors (Lipinski definition) is 1. The van der Waals surface area contributed by atoms with Gasteiger partial charge in [0.15, 0.2) is 0 Å². The fourth-order valence-corrected chi connectivity index (χ4v) is 6.37. The van der Waals surface area contributed by atoms with Gasteiger partial charge in [0.05, 0.1) is 31.1 Å². The first-order chi connectivity index (χ1) is 20.7. The van der Waals surface area contributed by atoms with Crippen molar-refractivity contribution in [3.8, 4) is 17.2 Å². The number of nitrogens with one attached hydrogen (secondary N) is 1. The number of carbonyl (C=O) groups is 1. The minimum atomic E-state index is -1.14. The van der Waals surface area contributed by atoms with Crippen LogP contribution in [-0.2, 0) is 17.0 Å². The first-order valence-electron chi connectivity index (χ1n) is 15.0. The summed E-state index contributed by atoms with van der Waals surface area (Å²) in [5, 5.41) is 18.5. The molecule has 1 N–H and O–H groups in total. The summed E-state index contributed by atoms with van der Waals surface area (Å²) in [6.45, 7) is 11.4. The summed E-state index contributed by atoms with van der Waals surface area (Å²) in [7, 11) is -1.14. The van der Waals surface area contributed by atoms with Crippen molar-refractivity contribution >= 4 is 30.8 Å². The Labute approximate surface area is 252 Å². The monoisotopic (exact) mass is 597 g/mol. The number of hydrogen-bond acceptors (Lipinski definition) is 8. The van der Waals surface area contributed by atoms with Crippen molar-refractivity contribution in [1.82, 2.24) is 34.6 Å². The van der Waals surface area contributed by atoms with Crippen LogP contribution in [0.15, 0.2) is 49.3 Å². The van der Waals surface area contributed by atoms with Crippen molar-refractivity contribution in [2.45, 2.75) is 70.2 Å². The molecule has 4 aromatic heterocycles. The van der Waals surface area contributed by atoms with Crippen LogP contribution in [0, 0.1) is 17.2 Å². The van der Waals surface area contributed by atoms with Crippen LogP contribution in [0.5, 0.6) is 0 Å². The van der Waals surface area contributed by atoms with E-state index in [1.54, 1.807) is 6.20 Å². The van der Waals surface area contributed by atoms with Gasteiger partial charge in [-0.3, -0.25) is 9.48 Å². The van der Waals surface area contributed by atoms with Crippen molar-refractivity contribution in [2.24, 2.45) is 5.92 Å². The van der Waals surface area contributed by atoms with Gasteiger partial charge in [-0.1, -0.05) is 19.6 Å². The van der Waals surface area contributed by atoms with Crippen molar-refractivity contribution < 1.29 is 9.53 Å². The van der Waals surface area contributed by atoms with Gasteiger partial charge in [-0.2, -0.15) is 10.4 Å². The highest BCUT2D eigenvalue weighted by Gasteiger charge is 2.46. The van der Waals surface area contributed by atoms with Gasteiger partial charge < -0.3 is 19.5 Å². The third-order valence-corrected chi connectivity index (χ3v) is 10.2. The number of pyridine rings is 1. The number of rotatable bonds is 12. The fourth-order valence-electron chi connectivity index (χ4n) is 5.62. The van der Waals surface area contributed by atoms with E-state index in [0.29, 0.717) is 43.7 Å². The molecule has 43 heavy (non-hydrogen) atoms.